The molecule has 0 spiro atoms. The van der Waals surface area contributed by atoms with Gasteiger partial charge in [-0.1, -0.05) is 25.4 Å². The van der Waals surface area contributed by atoms with Gasteiger partial charge in [0.25, 0.3) is 0 Å². The number of nitrogens with zero attached hydrogens (tertiary/aromatic N) is 2. The van der Waals surface area contributed by atoms with Gasteiger partial charge in [-0.2, -0.15) is 0 Å². The van der Waals surface area contributed by atoms with E-state index in [9.17, 15) is 0 Å². The summed E-state index contributed by atoms with van der Waals surface area (Å²) in [5, 5.41) is 0.603. The monoisotopic (exact) mass is 253 g/mol. The fraction of sp³-hybridized carbons (Fsp3) is 0.615. The zero-order valence-corrected chi connectivity index (χ0v) is 11.2. The number of rotatable bonds is 5. The van der Waals surface area contributed by atoms with Crippen LogP contribution in [-0.2, 0) is 0 Å². The van der Waals surface area contributed by atoms with Crippen molar-refractivity contribution in [1.29, 1.82) is 0 Å². The topological polar surface area (TPSA) is 42.2 Å². The van der Waals surface area contributed by atoms with Gasteiger partial charge in [-0.25, -0.2) is 4.98 Å². The van der Waals surface area contributed by atoms with Crippen LogP contribution in [0.5, 0.6) is 0 Å². The van der Waals surface area contributed by atoms with E-state index in [0.29, 0.717) is 22.7 Å². The van der Waals surface area contributed by atoms with Gasteiger partial charge in [-0.05, 0) is 31.2 Å². The van der Waals surface area contributed by atoms with Crippen LogP contribution in [0.15, 0.2) is 12.3 Å². The van der Waals surface area contributed by atoms with E-state index in [1.165, 1.54) is 19.3 Å². The molecule has 1 saturated carbocycles. The first-order valence-electron chi connectivity index (χ1n) is 6.25. The molecular formula is C13H20ClN3. The van der Waals surface area contributed by atoms with E-state index in [4.69, 9.17) is 17.3 Å². The molecule has 4 heteroatoms. The molecule has 0 aliphatic heterocycles. The minimum absolute atomic E-state index is 0.603. The molecule has 0 aromatic carbocycles. The lowest BCUT2D eigenvalue weighted by Gasteiger charge is -2.25. The number of pyridine rings is 1. The molecule has 17 heavy (non-hydrogen) atoms. The minimum atomic E-state index is 0.603. The molecule has 1 fully saturated rings. The number of nitrogen functional groups attached to an aromatic ring is 1. The lowest BCUT2D eigenvalue weighted by molar-refractivity contribution is 0.569. The normalized spacial score (nSPS) is 15.3. The molecule has 3 nitrogen and oxygen atoms in total. The number of hydrogen-bond acceptors (Lipinski definition) is 3. The third kappa shape index (κ3) is 3.25. The summed E-state index contributed by atoms with van der Waals surface area (Å²) in [4.78, 5) is 6.73. The van der Waals surface area contributed by atoms with Gasteiger partial charge in [0, 0.05) is 18.8 Å². The second-order valence-electron chi connectivity index (χ2n) is 5.17. The third-order valence-corrected chi connectivity index (χ3v) is 3.28. The van der Waals surface area contributed by atoms with Gasteiger partial charge in [0.15, 0.2) is 5.82 Å². The summed E-state index contributed by atoms with van der Waals surface area (Å²) in [6.45, 7) is 5.51. The first-order valence-corrected chi connectivity index (χ1v) is 6.63. The Morgan fingerprint density at radius 3 is 2.76 bits per heavy atom. The van der Waals surface area contributed by atoms with Crippen LogP contribution in [0.2, 0.25) is 5.02 Å². The molecule has 2 rings (SSSR count). The molecule has 2 N–H and O–H groups in total. The average Bonchev–Trinajstić information content (AvgIpc) is 3.04. The number of anilines is 2. The summed E-state index contributed by atoms with van der Waals surface area (Å²) in [7, 11) is 0. The summed E-state index contributed by atoms with van der Waals surface area (Å²) < 4.78 is 0. The maximum absolute atomic E-state index is 6.01. The van der Waals surface area contributed by atoms with Crippen molar-refractivity contribution in [3.63, 3.8) is 0 Å². The molecule has 1 aromatic heterocycles. The second kappa shape index (κ2) is 5.13. The van der Waals surface area contributed by atoms with E-state index in [0.717, 1.165) is 12.4 Å². The first kappa shape index (κ1) is 12.5. The summed E-state index contributed by atoms with van der Waals surface area (Å²) >= 11 is 5.88. The van der Waals surface area contributed by atoms with Crippen LogP contribution in [0.1, 0.15) is 33.1 Å². The quantitative estimate of drug-likeness (QED) is 0.875. The van der Waals surface area contributed by atoms with Crippen molar-refractivity contribution in [2.24, 2.45) is 5.92 Å². The van der Waals surface area contributed by atoms with Gasteiger partial charge in [-0.15, -0.1) is 0 Å². The molecule has 1 heterocycles. The zero-order valence-electron chi connectivity index (χ0n) is 10.5. The number of aromatic nitrogens is 1. The molecule has 0 bridgehead atoms. The maximum Gasteiger partial charge on any atom is 0.152 e. The molecule has 0 unspecified atom stereocenters. The van der Waals surface area contributed by atoms with Crippen LogP contribution < -0.4 is 10.6 Å². The molecule has 0 saturated heterocycles. The van der Waals surface area contributed by atoms with Crippen molar-refractivity contribution >= 4 is 23.1 Å². The fourth-order valence-corrected chi connectivity index (χ4v) is 2.10. The Kier molecular flexibility index (Phi) is 3.77. The van der Waals surface area contributed by atoms with E-state index in [1.807, 2.05) is 0 Å². The standard InChI is InChI=1S/C13H20ClN3/c1-9(2)5-6-17(11-3-4-11)13-12(15)7-10(14)8-16-13/h7-9,11H,3-6,15H2,1-2H3. The fourth-order valence-electron chi connectivity index (χ4n) is 1.93. The van der Waals surface area contributed by atoms with Crippen LogP contribution in [0.4, 0.5) is 11.5 Å². The van der Waals surface area contributed by atoms with Crippen molar-refractivity contribution < 1.29 is 0 Å². The van der Waals surface area contributed by atoms with E-state index >= 15 is 0 Å². The average molecular weight is 254 g/mol. The SMILES string of the molecule is CC(C)CCN(c1ncc(Cl)cc1N)C1CC1. The Hall–Kier alpha value is -0.960. The largest absolute Gasteiger partial charge is 0.396 e. The van der Waals surface area contributed by atoms with Crippen LogP contribution in [-0.4, -0.2) is 17.6 Å². The number of halogens is 1. The van der Waals surface area contributed by atoms with E-state index < -0.39 is 0 Å². The van der Waals surface area contributed by atoms with Gasteiger partial charge in [0.05, 0.1) is 10.7 Å². The Morgan fingerprint density at radius 1 is 1.53 bits per heavy atom. The lowest BCUT2D eigenvalue weighted by atomic mass is 10.1. The van der Waals surface area contributed by atoms with Crippen molar-refractivity contribution in [2.45, 2.75) is 39.2 Å². The number of nitrogens with two attached hydrogens (primary N) is 1. The highest BCUT2D eigenvalue weighted by atomic mass is 35.5. The van der Waals surface area contributed by atoms with E-state index in [-0.39, 0.29) is 0 Å². The van der Waals surface area contributed by atoms with Gasteiger partial charge in [0.1, 0.15) is 0 Å². The molecule has 1 aliphatic carbocycles. The second-order valence-corrected chi connectivity index (χ2v) is 5.61. The Bertz CT molecular complexity index is 388. The van der Waals surface area contributed by atoms with E-state index in [2.05, 4.69) is 23.7 Å². The number of hydrogen-bond donors (Lipinski definition) is 1. The highest BCUT2D eigenvalue weighted by molar-refractivity contribution is 6.30. The summed E-state index contributed by atoms with van der Waals surface area (Å²) in [6.07, 6.45) is 5.35. The van der Waals surface area contributed by atoms with Crippen LogP contribution in [0.3, 0.4) is 0 Å². The highest BCUT2D eigenvalue weighted by Crippen LogP contribution is 2.34. The Balaban J connectivity index is 2.14. The molecule has 0 amide bonds. The van der Waals surface area contributed by atoms with Crippen molar-refractivity contribution in [2.75, 3.05) is 17.2 Å². The van der Waals surface area contributed by atoms with Gasteiger partial charge in [0.2, 0.25) is 0 Å². The van der Waals surface area contributed by atoms with Crippen LogP contribution >= 0.6 is 11.6 Å². The van der Waals surface area contributed by atoms with Crippen LogP contribution in [0.25, 0.3) is 0 Å². The third-order valence-electron chi connectivity index (χ3n) is 3.07. The van der Waals surface area contributed by atoms with Crippen molar-refractivity contribution in [1.82, 2.24) is 4.98 Å². The van der Waals surface area contributed by atoms with Crippen molar-refractivity contribution in [3.8, 4) is 0 Å². The maximum atomic E-state index is 6.01. The summed E-state index contributed by atoms with van der Waals surface area (Å²) in [5.74, 6) is 1.60. The smallest absolute Gasteiger partial charge is 0.152 e. The van der Waals surface area contributed by atoms with Gasteiger partial charge in [-0.3, -0.25) is 0 Å². The Labute approximate surface area is 108 Å². The van der Waals surface area contributed by atoms with Gasteiger partial charge >= 0.3 is 0 Å². The predicted molar refractivity (Wildman–Crippen MR) is 73.5 cm³/mol. The zero-order chi connectivity index (χ0) is 12.4. The molecule has 1 aliphatic rings. The van der Waals surface area contributed by atoms with Crippen molar-refractivity contribution in [3.05, 3.63) is 17.3 Å². The molecule has 0 atom stereocenters. The molecule has 94 valence electrons. The lowest BCUT2D eigenvalue weighted by Crippen LogP contribution is -2.29. The molecule has 0 radical (unpaired) electrons. The predicted octanol–water partition coefficient (Wildman–Crippen LogP) is 3.33. The first-order chi connectivity index (χ1) is 8.08. The van der Waals surface area contributed by atoms with E-state index in [1.54, 1.807) is 12.3 Å². The Morgan fingerprint density at radius 2 is 2.24 bits per heavy atom. The molecule has 1 aromatic rings. The summed E-state index contributed by atoms with van der Waals surface area (Å²) in [5.41, 5.74) is 6.69. The van der Waals surface area contributed by atoms with Crippen LogP contribution in [0, 0.1) is 5.92 Å². The highest BCUT2D eigenvalue weighted by Gasteiger charge is 2.30. The minimum Gasteiger partial charge on any atom is -0.396 e. The molecular weight excluding hydrogens is 234 g/mol. The summed E-state index contributed by atoms with van der Waals surface area (Å²) in [6, 6.07) is 2.42. The van der Waals surface area contributed by atoms with Gasteiger partial charge < -0.3 is 10.6 Å².